The van der Waals surface area contributed by atoms with Crippen LogP contribution >= 0.6 is 0 Å². The molecule has 200 valence electrons. The van der Waals surface area contributed by atoms with Crippen molar-refractivity contribution in [3.63, 3.8) is 0 Å². The van der Waals surface area contributed by atoms with Crippen molar-refractivity contribution < 1.29 is 12.8 Å². The van der Waals surface area contributed by atoms with Crippen LogP contribution in [0.5, 0.6) is 0 Å². The summed E-state index contributed by atoms with van der Waals surface area (Å²) >= 11 is 0. The molecule has 9 nitrogen and oxygen atoms in total. The highest BCUT2D eigenvalue weighted by molar-refractivity contribution is 7.88. The second-order valence-electron chi connectivity index (χ2n) is 10.3. The Bertz CT molecular complexity index is 1540. The molecule has 4 aromatic rings. The number of likely N-dealkylation sites (tertiary alicyclic amines) is 1. The van der Waals surface area contributed by atoms with E-state index in [1.165, 1.54) is 22.7 Å². The van der Waals surface area contributed by atoms with Gasteiger partial charge in [-0.2, -0.15) is 9.40 Å². The molecule has 38 heavy (non-hydrogen) atoms. The van der Waals surface area contributed by atoms with Crippen molar-refractivity contribution in [2.45, 2.75) is 44.8 Å². The fraction of sp³-hybridized carbons (Fsp3) is 0.444. The third-order valence-corrected chi connectivity index (χ3v) is 9.06. The minimum atomic E-state index is -3.31. The van der Waals surface area contributed by atoms with Gasteiger partial charge in [-0.25, -0.2) is 17.5 Å². The largest absolute Gasteiger partial charge is 0.303 e. The van der Waals surface area contributed by atoms with Crippen LogP contribution in [0.4, 0.5) is 4.39 Å². The lowest BCUT2D eigenvalue weighted by Gasteiger charge is -2.32. The van der Waals surface area contributed by atoms with Gasteiger partial charge in [-0.15, -0.1) is 5.10 Å². The molecule has 0 N–H and O–H groups in total. The summed E-state index contributed by atoms with van der Waals surface area (Å²) in [4.78, 5) is 2.50. The zero-order chi connectivity index (χ0) is 26.3. The summed E-state index contributed by atoms with van der Waals surface area (Å²) in [7, 11) is -3.31. The summed E-state index contributed by atoms with van der Waals surface area (Å²) < 4.78 is 43.7. The van der Waals surface area contributed by atoms with Crippen LogP contribution in [0.1, 0.15) is 36.6 Å². The average Bonchev–Trinajstić information content (AvgIpc) is 3.51. The summed E-state index contributed by atoms with van der Waals surface area (Å²) in [5.74, 6) is -0.305. The van der Waals surface area contributed by atoms with Crippen molar-refractivity contribution in [3.8, 4) is 11.3 Å². The molecule has 2 aliphatic rings. The van der Waals surface area contributed by atoms with E-state index in [4.69, 9.17) is 5.10 Å². The number of para-hydroxylation sites is 1. The lowest BCUT2D eigenvalue weighted by atomic mass is 10.0. The van der Waals surface area contributed by atoms with Crippen molar-refractivity contribution >= 4 is 21.1 Å². The molecule has 0 unspecified atom stereocenters. The van der Waals surface area contributed by atoms with E-state index >= 15 is 0 Å². The molecule has 0 radical (unpaired) electrons. The number of hydrogen-bond acceptors (Lipinski definition) is 6. The fourth-order valence-corrected chi connectivity index (χ4v) is 6.55. The van der Waals surface area contributed by atoms with Crippen LogP contribution in [0.2, 0.25) is 0 Å². The zero-order valence-electron chi connectivity index (χ0n) is 21.5. The molecule has 2 aliphatic heterocycles. The van der Waals surface area contributed by atoms with Gasteiger partial charge in [-0.1, -0.05) is 17.3 Å². The second kappa shape index (κ2) is 10.2. The average molecular weight is 538 g/mol. The third-order valence-electron chi connectivity index (χ3n) is 7.81. The lowest BCUT2D eigenvalue weighted by molar-refractivity contribution is 0.176. The number of aromatic nitrogens is 5. The first-order valence-electron chi connectivity index (χ1n) is 13.2. The monoisotopic (exact) mass is 537 g/mol. The predicted octanol–water partition coefficient (Wildman–Crippen LogP) is 3.48. The minimum Gasteiger partial charge on any atom is -0.303 e. The molecule has 0 atom stereocenters. The summed E-state index contributed by atoms with van der Waals surface area (Å²) in [6.45, 7) is 4.51. The molecule has 0 amide bonds. The van der Waals surface area contributed by atoms with Crippen LogP contribution in [0.3, 0.4) is 0 Å². The van der Waals surface area contributed by atoms with E-state index in [0.717, 1.165) is 79.0 Å². The van der Waals surface area contributed by atoms with Gasteiger partial charge >= 0.3 is 0 Å². The topological polar surface area (TPSA) is 89.2 Å². The Morgan fingerprint density at radius 2 is 1.76 bits per heavy atom. The highest BCUT2D eigenvalue weighted by atomic mass is 32.2. The normalized spacial score (nSPS) is 17.7. The first-order chi connectivity index (χ1) is 18.4. The molecule has 11 heteroatoms. The standard InChI is InChI=1S/C27H32FN7O2S/c1-38(36,37)33-18-13-25-23(19-33)27(20-7-9-21(28)10-8-20)30-34(25)15-4-14-32-16-11-22(12-17-32)35-26-6-3-2-5-24(26)29-31-35/h2-3,5-10,22H,4,11-19H2,1H3. The molecule has 0 spiro atoms. The summed E-state index contributed by atoms with van der Waals surface area (Å²) in [5.41, 5.74) is 5.60. The van der Waals surface area contributed by atoms with E-state index in [-0.39, 0.29) is 5.82 Å². The minimum absolute atomic E-state index is 0.297. The predicted molar refractivity (Wildman–Crippen MR) is 143 cm³/mol. The molecule has 1 fully saturated rings. The smallest absolute Gasteiger partial charge is 0.211 e. The van der Waals surface area contributed by atoms with Crippen LogP contribution < -0.4 is 0 Å². The summed E-state index contributed by atoms with van der Waals surface area (Å²) in [6.07, 6.45) is 4.90. The Morgan fingerprint density at radius 1 is 1.00 bits per heavy atom. The summed E-state index contributed by atoms with van der Waals surface area (Å²) in [5, 5.41) is 13.6. The van der Waals surface area contributed by atoms with Crippen LogP contribution in [0.25, 0.3) is 22.3 Å². The van der Waals surface area contributed by atoms with Crippen molar-refractivity contribution in [3.05, 3.63) is 65.6 Å². The van der Waals surface area contributed by atoms with E-state index in [0.29, 0.717) is 25.6 Å². The maximum absolute atomic E-state index is 13.6. The van der Waals surface area contributed by atoms with E-state index in [9.17, 15) is 12.8 Å². The van der Waals surface area contributed by atoms with Crippen LogP contribution in [0.15, 0.2) is 48.5 Å². The molecule has 2 aromatic heterocycles. The van der Waals surface area contributed by atoms with Crippen molar-refractivity contribution in [1.82, 2.24) is 34.0 Å². The quantitative estimate of drug-likeness (QED) is 0.359. The number of benzene rings is 2. The van der Waals surface area contributed by atoms with Gasteiger partial charge in [0.2, 0.25) is 10.0 Å². The molecule has 4 heterocycles. The van der Waals surface area contributed by atoms with Gasteiger partial charge in [0.1, 0.15) is 11.3 Å². The molecular formula is C27H32FN7O2S. The van der Waals surface area contributed by atoms with E-state index in [2.05, 4.69) is 26.0 Å². The Morgan fingerprint density at radius 3 is 2.53 bits per heavy atom. The Kier molecular flexibility index (Phi) is 6.75. The molecule has 0 aliphatic carbocycles. The number of aryl methyl sites for hydroxylation is 1. The number of fused-ring (bicyclic) bond motifs is 2. The zero-order valence-corrected chi connectivity index (χ0v) is 22.3. The number of halogens is 1. The van der Waals surface area contributed by atoms with Gasteiger partial charge < -0.3 is 4.90 Å². The summed E-state index contributed by atoms with van der Waals surface area (Å²) in [6, 6.07) is 14.7. The van der Waals surface area contributed by atoms with Crippen LogP contribution in [-0.2, 0) is 29.5 Å². The molecule has 1 saturated heterocycles. The first kappa shape index (κ1) is 25.1. The van der Waals surface area contributed by atoms with Crippen molar-refractivity contribution in [2.75, 3.05) is 32.4 Å². The van der Waals surface area contributed by atoms with E-state index in [1.807, 2.05) is 22.9 Å². The van der Waals surface area contributed by atoms with Crippen molar-refractivity contribution in [1.29, 1.82) is 0 Å². The molecule has 6 rings (SSSR count). The van der Waals surface area contributed by atoms with Gasteiger partial charge in [0.15, 0.2) is 0 Å². The maximum Gasteiger partial charge on any atom is 0.211 e. The first-order valence-corrected chi connectivity index (χ1v) is 15.0. The molecule has 2 aromatic carbocycles. The van der Waals surface area contributed by atoms with E-state index in [1.54, 1.807) is 12.1 Å². The molecule has 0 bridgehead atoms. The SMILES string of the molecule is CS(=O)(=O)N1CCc2c(c(-c3ccc(F)cc3)nn2CCCN2CCC(n3nnc4ccccc43)CC2)C1. The highest BCUT2D eigenvalue weighted by Crippen LogP contribution is 2.31. The van der Waals surface area contributed by atoms with Gasteiger partial charge in [-0.05, 0) is 62.2 Å². The van der Waals surface area contributed by atoms with Crippen molar-refractivity contribution in [2.24, 2.45) is 0 Å². The Hall–Kier alpha value is -3.15. The number of piperidine rings is 1. The fourth-order valence-electron chi connectivity index (χ4n) is 5.76. The van der Waals surface area contributed by atoms with Gasteiger partial charge in [0.25, 0.3) is 0 Å². The van der Waals surface area contributed by atoms with E-state index < -0.39 is 10.0 Å². The van der Waals surface area contributed by atoms with Crippen LogP contribution in [-0.4, -0.2) is 74.8 Å². The lowest BCUT2D eigenvalue weighted by Crippen LogP contribution is -2.36. The number of rotatable bonds is 7. The number of hydrogen-bond donors (Lipinski definition) is 0. The van der Waals surface area contributed by atoms with Gasteiger partial charge in [0, 0.05) is 56.0 Å². The molecular weight excluding hydrogens is 505 g/mol. The Labute approximate surface area is 221 Å². The second-order valence-corrected chi connectivity index (χ2v) is 12.3. The maximum atomic E-state index is 13.6. The Balaban J connectivity index is 1.12. The number of nitrogens with zero attached hydrogens (tertiary/aromatic N) is 7. The highest BCUT2D eigenvalue weighted by Gasteiger charge is 2.30. The van der Waals surface area contributed by atoms with Gasteiger partial charge in [0.05, 0.1) is 23.5 Å². The number of sulfonamides is 1. The van der Waals surface area contributed by atoms with Gasteiger partial charge in [-0.3, -0.25) is 4.68 Å². The molecule has 0 saturated carbocycles. The van der Waals surface area contributed by atoms with Crippen LogP contribution in [0, 0.1) is 5.82 Å². The third kappa shape index (κ3) is 4.97.